The summed E-state index contributed by atoms with van der Waals surface area (Å²) >= 11 is 0. The van der Waals surface area contributed by atoms with Gasteiger partial charge >= 0.3 is 5.97 Å². The van der Waals surface area contributed by atoms with Gasteiger partial charge in [0.05, 0.1) is 11.7 Å². The van der Waals surface area contributed by atoms with Gasteiger partial charge in [-0.25, -0.2) is 4.79 Å². The first-order valence-electron chi connectivity index (χ1n) is 10.8. The molecule has 5 unspecified atom stereocenters. The maximum absolute atomic E-state index is 12.4. The fraction of sp³-hybridized carbons (Fsp3) is 0.560. The van der Waals surface area contributed by atoms with Gasteiger partial charge in [-0.2, -0.15) is 0 Å². The van der Waals surface area contributed by atoms with E-state index >= 15 is 0 Å². The van der Waals surface area contributed by atoms with Crippen molar-refractivity contribution in [1.29, 1.82) is 0 Å². The number of carbonyl (C=O) groups excluding carboxylic acids is 1. The summed E-state index contributed by atoms with van der Waals surface area (Å²) in [6.07, 6.45) is 11.9. The van der Waals surface area contributed by atoms with E-state index in [1.165, 1.54) is 24.0 Å². The molecule has 1 aromatic carbocycles. The Morgan fingerprint density at radius 2 is 2.04 bits per heavy atom. The third-order valence-corrected chi connectivity index (χ3v) is 7.75. The van der Waals surface area contributed by atoms with Crippen LogP contribution in [0.4, 0.5) is 0 Å². The van der Waals surface area contributed by atoms with Gasteiger partial charge in [-0.3, -0.25) is 0 Å². The van der Waals surface area contributed by atoms with Gasteiger partial charge in [-0.15, -0.1) is 0 Å². The van der Waals surface area contributed by atoms with Crippen LogP contribution in [0.15, 0.2) is 42.0 Å². The Kier molecular flexibility index (Phi) is 5.22. The highest BCUT2D eigenvalue weighted by atomic mass is 16.5. The molecule has 0 radical (unpaired) electrons. The van der Waals surface area contributed by atoms with Crippen LogP contribution in [-0.2, 0) is 11.2 Å². The van der Waals surface area contributed by atoms with E-state index in [0.29, 0.717) is 29.1 Å². The smallest absolute Gasteiger partial charge is 0.343 e. The first kappa shape index (κ1) is 19.4. The van der Waals surface area contributed by atoms with Crippen molar-refractivity contribution in [3.8, 4) is 5.75 Å². The van der Waals surface area contributed by atoms with Gasteiger partial charge in [0.15, 0.2) is 0 Å². The number of fused-ring (bicyclic) bond motifs is 5. The Morgan fingerprint density at radius 3 is 2.79 bits per heavy atom. The van der Waals surface area contributed by atoms with Crippen molar-refractivity contribution in [2.24, 2.45) is 17.3 Å². The number of benzene rings is 1. The number of hydrogen-bond acceptors (Lipinski definition) is 3. The molecule has 1 N–H and O–H groups in total. The summed E-state index contributed by atoms with van der Waals surface area (Å²) in [5.74, 6) is 2.25. The zero-order chi connectivity index (χ0) is 19.9. The molecule has 150 valence electrons. The Bertz CT molecular complexity index is 821. The quantitative estimate of drug-likeness (QED) is 0.334. The summed E-state index contributed by atoms with van der Waals surface area (Å²) in [6, 6.07) is 6.22. The third-order valence-electron chi connectivity index (χ3n) is 7.75. The van der Waals surface area contributed by atoms with Crippen LogP contribution >= 0.6 is 0 Å². The van der Waals surface area contributed by atoms with E-state index in [4.69, 9.17) is 4.74 Å². The molecule has 0 bridgehead atoms. The fourth-order valence-electron chi connectivity index (χ4n) is 6.22. The average molecular weight is 381 g/mol. The maximum atomic E-state index is 12.4. The highest BCUT2D eigenvalue weighted by Crippen LogP contribution is 2.60. The lowest BCUT2D eigenvalue weighted by atomic mass is 9.55. The second kappa shape index (κ2) is 7.51. The van der Waals surface area contributed by atoms with E-state index in [9.17, 15) is 9.90 Å². The van der Waals surface area contributed by atoms with Crippen LogP contribution in [-0.4, -0.2) is 17.2 Å². The van der Waals surface area contributed by atoms with E-state index in [0.717, 1.165) is 25.7 Å². The van der Waals surface area contributed by atoms with Crippen LogP contribution < -0.4 is 4.74 Å². The molecule has 28 heavy (non-hydrogen) atoms. The molecular weight excluding hydrogens is 348 g/mol. The molecule has 3 aliphatic rings. The molecule has 0 aliphatic heterocycles. The number of carbonyl (C=O) groups is 1. The SMILES string of the molecule is C/C=C\C(=C/C)C(=O)Oc1ccc2c(c1)CCC1C2CCC2(C)C(O)CCC12. The molecule has 2 saturated carbocycles. The number of aliphatic hydroxyl groups is 1. The van der Waals surface area contributed by atoms with Gasteiger partial charge < -0.3 is 9.84 Å². The molecule has 0 heterocycles. The molecule has 0 spiro atoms. The largest absolute Gasteiger partial charge is 0.423 e. The standard InChI is InChI=1S/C25H32O3/c1-4-6-16(5-2)24(27)28-18-8-10-19-17(15-18)7-9-21-20(19)13-14-25(3)22(21)11-12-23(25)26/h4-6,8,10,15,20-23,26H,7,9,11-14H2,1-3H3/b6-4-,16-5+. The highest BCUT2D eigenvalue weighted by Gasteiger charge is 2.54. The summed E-state index contributed by atoms with van der Waals surface area (Å²) in [5.41, 5.74) is 3.47. The molecule has 4 rings (SSSR count). The van der Waals surface area contributed by atoms with E-state index < -0.39 is 0 Å². The molecule has 0 aromatic heterocycles. The first-order valence-corrected chi connectivity index (χ1v) is 10.8. The van der Waals surface area contributed by atoms with Crippen molar-refractivity contribution in [2.45, 2.75) is 71.3 Å². The highest BCUT2D eigenvalue weighted by molar-refractivity contribution is 5.93. The monoisotopic (exact) mass is 380 g/mol. The second-order valence-electron chi connectivity index (χ2n) is 9.05. The number of aliphatic hydroxyl groups excluding tert-OH is 1. The van der Waals surface area contributed by atoms with Gasteiger partial charge in [0.1, 0.15) is 5.75 Å². The summed E-state index contributed by atoms with van der Waals surface area (Å²) in [7, 11) is 0. The molecule has 3 nitrogen and oxygen atoms in total. The average Bonchev–Trinajstić information content (AvgIpc) is 3.00. The minimum Gasteiger partial charge on any atom is -0.423 e. The van der Waals surface area contributed by atoms with Crippen molar-refractivity contribution in [1.82, 2.24) is 0 Å². The van der Waals surface area contributed by atoms with Crippen LogP contribution in [0.5, 0.6) is 5.75 Å². The minimum absolute atomic E-state index is 0.115. The lowest BCUT2D eigenvalue weighted by Gasteiger charge is -2.50. The normalized spacial score (nSPS) is 34.6. The van der Waals surface area contributed by atoms with Crippen LogP contribution in [0.3, 0.4) is 0 Å². The number of esters is 1. The molecule has 2 fully saturated rings. The lowest BCUT2D eigenvalue weighted by molar-refractivity contribution is -0.129. The Morgan fingerprint density at radius 1 is 1.21 bits per heavy atom. The van der Waals surface area contributed by atoms with E-state index in [1.54, 1.807) is 12.2 Å². The summed E-state index contributed by atoms with van der Waals surface area (Å²) in [6.45, 7) is 6.05. The topological polar surface area (TPSA) is 46.5 Å². The maximum Gasteiger partial charge on any atom is 0.343 e. The molecule has 1 aromatic rings. The lowest BCUT2D eigenvalue weighted by Crippen LogP contribution is -2.43. The minimum atomic E-state index is -0.303. The van der Waals surface area contributed by atoms with Crippen LogP contribution in [0.1, 0.15) is 69.9 Å². The van der Waals surface area contributed by atoms with Crippen molar-refractivity contribution in [3.63, 3.8) is 0 Å². The molecule has 0 amide bonds. The van der Waals surface area contributed by atoms with Gasteiger partial charge in [-0.05, 0) is 98.8 Å². The third kappa shape index (κ3) is 3.14. The van der Waals surface area contributed by atoms with E-state index in [2.05, 4.69) is 19.1 Å². The Balaban J connectivity index is 1.54. The molecule has 5 atom stereocenters. The number of ether oxygens (including phenoxy) is 1. The number of rotatable bonds is 3. The van der Waals surface area contributed by atoms with E-state index in [1.807, 2.05) is 26.0 Å². The van der Waals surface area contributed by atoms with Crippen LogP contribution in [0.25, 0.3) is 0 Å². The number of hydrogen-bond donors (Lipinski definition) is 1. The van der Waals surface area contributed by atoms with Crippen molar-refractivity contribution < 1.29 is 14.6 Å². The van der Waals surface area contributed by atoms with Gasteiger partial charge in [0, 0.05) is 0 Å². The number of aryl methyl sites for hydroxylation is 1. The van der Waals surface area contributed by atoms with Crippen LogP contribution in [0.2, 0.25) is 0 Å². The summed E-state index contributed by atoms with van der Waals surface area (Å²) in [5, 5.41) is 10.5. The van der Waals surface area contributed by atoms with Gasteiger partial charge in [-0.1, -0.05) is 31.2 Å². The predicted molar refractivity (Wildman–Crippen MR) is 111 cm³/mol. The van der Waals surface area contributed by atoms with Crippen molar-refractivity contribution in [3.05, 3.63) is 53.1 Å². The number of allylic oxidation sites excluding steroid dienone is 2. The Labute approximate surface area is 168 Å². The molecule has 0 saturated heterocycles. The Hall–Kier alpha value is -1.87. The molecular formula is C25H32O3. The zero-order valence-electron chi connectivity index (χ0n) is 17.3. The summed E-state index contributed by atoms with van der Waals surface area (Å²) < 4.78 is 5.63. The van der Waals surface area contributed by atoms with Crippen LogP contribution in [0, 0.1) is 17.3 Å². The van der Waals surface area contributed by atoms with Crippen molar-refractivity contribution in [2.75, 3.05) is 0 Å². The van der Waals surface area contributed by atoms with E-state index in [-0.39, 0.29) is 17.5 Å². The van der Waals surface area contributed by atoms with Gasteiger partial charge in [0.25, 0.3) is 0 Å². The zero-order valence-corrected chi connectivity index (χ0v) is 17.3. The van der Waals surface area contributed by atoms with Gasteiger partial charge in [0.2, 0.25) is 0 Å². The summed E-state index contributed by atoms with van der Waals surface area (Å²) in [4.78, 5) is 12.4. The second-order valence-corrected chi connectivity index (χ2v) is 9.05. The first-order chi connectivity index (χ1) is 13.5. The molecule has 3 heteroatoms. The fourth-order valence-corrected chi connectivity index (χ4v) is 6.22. The molecule has 3 aliphatic carbocycles. The predicted octanol–water partition coefficient (Wildman–Crippen LogP) is 5.33. The van der Waals surface area contributed by atoms with Crippen molar-refractivity contribution >= 4 is 5.97 Å².